The van der Waals surface area contributed by atoms with Gasteiger partial charge in [-0.25, -0.2) is 9.78 Å². The fourth-order valence-corrected chi connectivity index (χ4v) is 4.45. The van der Waals surface area contributed by atoms with Gasteiger partial charge in [0.15, 0.2) is 5.82 Å². The van der Waals surface area contributed by atoms with E-state index in [4.69, 9.17) is 20.8 Å². The third-order valence-electron chi connectivity index (χ3n) is 4.35. The molecule has 0 aliphatic carbocycles. The number of ether oxygens (including phenoxy) is 1. The van der Waals surface area contributed by atoms with Gasteiger partial charge in [-0.05, 0) is 50.9 Å². The molecule has 1 amide bonds. The molecule has 30 heavy (non-hydrogen) atoms. The number of carbonyl (C=O) groups excluding carboxylic acids is 1. The number of amides is 1. The first-order chi connectivity index (χ1) is 14.1. The Morgan fingerprint density at radius 3 is 2.77 bits per heavy atom. The van der Waals surface area contributed by atoms with Crippen LogP contribution in [-0.4, -0.2) is 46.5 Å². The number of rotatable bonds is 6. The maximum Gasteiger partial charge on any atom is 0.407 e. The van der Waals surface area contributed by atoms with E-state index >= 15 is 0 Å². The van der Waals surface area contributed by atoms with Crippen LogP contribution in [-0.2, 0) is 11.2 Å². The Labute approximate surface area is 183 Å². The molecule has 3 aromatic rings. The number of aliphatic hydroxyl groups excluding tert-OH is 1. The van der Waals surface area contributed by atoms with Crippen LogP contribution in [0, 0.1) is 6.92 Å². The molecule has 0 saturated carbocycles. The van der Waals surface area contributed by atoms with Crippen molar-refractivity contribution >= 4 is 50.9 Å². The van der Waals surface area contributed by atoms with E-state index in [0.717, 1.165) is 20.7 Å². The monoisotopic (exact) mass is 452 g/mol. The lowest BCUT2D eigenvalue weighted by Gasteiger charge is -2.22. The number of nitrogens with one attached hydrogen (secondary N) is 1. The van der Waals surface area contributed by atoms with Crippen molar-refractivity contribution in [3.8, 4) is 0 Å². The molecule has 0 aliphatic rings. The van der Waals surface area contributed by atoms with Gasteiger partial charge in [0.25, 0.3) is 0 Å². The van der Waals surface area contributed by atoms with Crippen molar-refractivity contribution < 1.29 is 19.1 Å². The van der Waals surface area contributed by atoms with E-state index in [0.29, 0.717) is 18.1 Å². The molecule has 0 radical (unpaired) electrons. The molecule has 0 aromatic carbocycles. The summed E-state index contributed by atoms with van der Waals surface area (Å²) >= 11 is 7.68. The van der Waals surface area contributed by atoms with Gasteiger partial charge >= 0.3 is 6.09 Å². The third-order valence-corrected chi connectivity index (χ3v) is 5.81. The average Bonchev–Trinajstić information content (AvgIpc) is 3.28. The van der Waals surface area contributed by atoms with Gasteiger partial charge in [0.1, 0.15) is 5.60 Å². The molecule has 8 nitrogen and oxygen atoms in total. The van der Waals surface area contributed by atoms with Crippen molar-refractivity contribution in [1.82, 2.24) is 15.3 Å². The highest BCUT2D eigenvalue weighted by atomic mass is 35.5. The Bertz CT molecular complexity index is 1030. The number of hydrogen-bond donors (Lipinski definition) is 2. The lowest BCUT2D eigenvalue weighted by molar-refractivity contribution is 0.0483. The minimum Gasteiger partial charge on any atom is -0.448 e. The normalized spacial score (nSPS) is 12.8. The SMILES string of the molecule is Cc1c(C[C@H](CO)NC(=O)OC(C)(C)C)sc2c(N(C)c3ccco3)nc(Cl)nc12. The summed E-state index contributed by atoms with van der Waals surface area (Å²) in [4.78, 5) is 23.7. The number of fused-ring (bicyclic) bond motifs is 1. The molecule has 3 rings (SSSR count). The van der Waals surface area contributed by atoms with E-state index < -0.39 is 17.7 Å². The number of aliphatic hydroxyl groups is 1. The summed E-state index contributed by atoms with van der Waals surface area (Å²) in [6.45, 7) is 7.08. The maximum absolute atomic E-state index is 12.1. The first-order valence-corrected chi connectivity index (χ1v) is 10.6. The topological polar surface area (TPSA) is 101 Å². The van der Waals surface area contributed by atoms with Crippen molar-refractivity contribution in [3.05, 3.63) is 34.1 Å². The first kappa shape index (κ1) is 22.3. The van der Waals surface area contributed by atoms with Gasteiger partial charge in [-0.15, -0.1) is 11.3 Å². The van der Waals surface area contributed by atoms with E-state index in [9.17, 15) is 9.90 Å². The van der Waals surface area contributed by atoms with Gasteiger partial charge in [-0.2, -0.15) is 4.98 Å². The second-order valence-electron chi connectivity index (χ2n) is 7.88. The van der Waals surface area contributed by atoms with Crippen LogP contribution in [0.1, 0.15) is 31.2 Å². The fraction of sp³-hybridized carbons (Fsp3) is 0.450. The standard InChI is InChI=1S/C20H25ClN4O4S/c1-11-13(9-12(10-26)22-19(27)29-20(2,3)4)30-16-15(11)23-18(21)24-17(16)25(5)14-7-6-8-28-14/h6-8,12,26H,9-10H2,1-5H3,(H,22,27)/t12-/m1/s1. The number of anilines is 2. The number of carbonyl (C=O) groups is 1. The molecular weight excluding hydrogens is 428 g/mol. The molecule has 2 N–H and O–H groups in total. The smallest absolute Gasteiger partial charge is 0.407 e. The van der Waals surface area contributed by atoms with Crippen LogP contribution in [0.2, 0.25) is 5.28 Å². The molecule has 0 fully saturated rings. The number of halogens is 1. The average molecular weight is 453 g/mol. The highest BCUT2D eigenvalue weighted by molar-refractivity contribution is 7.19. The molecule has 10 heteroatoms. The Kier molecular flexibility index (Phi) is 6.54. The Morgan fingerprint density at radius 2 is 2.17 bits per heavy atom. The summed E-state index contributed by atoms with van der Waals surface area (Å²) in [5.74, 6) is 1.25. The van der Waals surface area contributed by atoms with E-state index in [2.05, 4.69) is 15.3 Å². The van der Waals surface area contributed by atoms with Crippen LogP contribution in [0.5, 0.6) is 0 Å². The first-order valence-electron chi connectivity index (χ1n) is 9.42. The molecule has 3 aromatic heterocycles. The number of aryl methyl sites for hydroxylation is 1. The zero-order valence-electron chi connectivity index (χ0n) is 17.5. The van der Waals surface area contributed by atoms with Gasteiger partial charge in [0.05, 0.1) is 29.1 Å². The van der Waals surface area contributed by atoms with Crippen LogP contribution in [0.15, 0.2) is 22.8 Å². The van der Waals surface area contributed by atoms with Crippen molar-refractivity contribution in [1.29, 1.82) is 0 Å². The molecule has 3 heterocycles. The van der Waals surface area contributed by atoms with Crippen molar-refractivity contribution in [3.63, 3.8) is 0 Å². The summed E-state index contributed by atoms with van der Waals surface area (Å²) in [6, 6.07) is 3.13. The Hall–Kier alpha value is -2.36. The third kappa shape index (κ3) is 5.03. The number of alkyl carbamates (subject to hydrolysis) is 1. The molecule has 1 atom stereocenters. The van der Waals surface area contributed by atoms with Gasteiger partial charge < -0.3 is 19.6 Å². The predicted molar refractivity (Wildman–Crippen MR) is 118 cm³/mol. The highest BCUT2D eigenvalue weighted by Gasteiger charge is 2.23. The lowest BCUT2D eigenvalue weighted by atomic mass is 10.1. The van der Waals surface area contributed by atoms with Crippen LogP contribution < -0.4 is 10.2 Å². The lowest BCUT2D eigenvalue weighted by Crippen LogP contribution is -2.42. The Morgan fingerprint density at radius 1 is 1.43 bits per heavy atom. The van der Waals surface area contributed by atoms with Gasteiger partial charge in [0.2, 0.25) is 11.2 Å². The quantitative estimate of drug-likeness (QED) is 0.533. The van der Waals surface area contributed by atoms with Crippen molar-refractivity contribution in [2.75, 3.05) is 18.6 Å². The number of aromatic nitrogens is 2. The number of thiophene rings is 1. The minimum absolute atomic E-state index is 0.133. The van der Waals surface area contributed by atoms with Crippen LogP contribution >= 0.6 is 22.9 Å². The van der Waals surface area contributed by atoms with E-state index in [-0.39, 0.29) is 11.9 Å². The van der Waals surface area contributed by atoms with Gasteiger partial charge in [-0.3, -0.25) is 4.90 Å². The molecular formula is C20H25ClN4O4S. The van der Waals surface area contributed by atoms with Crippen LogP contribution in [0.25, 0.3) is 10.2 Å². The maximum atomic E-state index is 12.1. The summed E-state index contributed by atoms with van der Waals surface area (Å²) in [5.41, 5.74) is 1.05. The summed E-state index contributed by atoms with van der Waals surface area (Å²) in [7, 11) is 1.84. The molecule has 0 aliphatic heterocycles. The fourth-order valence-electron chi connectivity index (χ4n) is 2.94. The molecule has 0 spiro atoms. The van der Waals surface area contributed by atoms with Gasteiger partial charge in [0, 0.05) is 24.4 Å². The Balaban J connectivity index is 1.90. The second-order valence-corrected chi connectivity index (χ2v) is 9.33. The van der Waals surface area contributed by atoms with Crippen molar-refractivity contribution in [2.24, 2.45) is 0 Å². The van der Waals surface area contributed by atoms with E-state index in [1.807, 2.05) is 20.0 Å². The minimum atomic E-state index is -0.616. The molecule has 0 bridgehead atoms. The highest BCUT2D eigenvalue weighted by Crippen LogP contribution is 2.38. The largest absolute Gasteiger partial charge is 0.448 e. The van der Waals surface area contributed by atoms with Crippen molar-refractivity contribution in [2.45, 2.75) is 45.8 Å². The summed E-state index contributed by atoms with van der Waals surface area (Å²) in [5, 5.41) is 12.6. The molecule has 0 unspecified atom stereocenters. The van der Waals surface area contributed by atoms with E-state index in [1.165, 1.54) is 11.3 Å². The summed E-state index contributed by atoms with van der Waals surface area (Å²) < 4.78 is 11.6. The summed E-state index contributed by atoms with van der Waals surface area (Å²) in [6.07, 6.45) is 1.44. The number of hydrogen-bond acceptors (Lipinski definition) is 8. The number of furan rings is 1. The molecule has 0 saturated heterocycles. The second kappa shape index (κ2) is 8.79. The zero-order valence-corrected chi connectivity index (χ0v) is 19.1. The van der Waals surface area contributed by atoms with Crippen LogP contribution in [0.4, 0.5) is 16.5 Å². The van der Waals surface area contributed by atoms with Gasteiger partial charge in [-0.1, -0.05) is 0 Å². The zero-order chi connectivity index (χ0) is 22.1. The van der Waals surface area contributed by atoms with E-state index in [1.54, 1.807) is 38.0 Å². The molecule has 162 valence electrons. The van der Waals surface area contributed by atoms with Crippen LogP contribution in [0.3, 0.4) is 0 Å². The predicted octanol–water partition coefficient (Wildman–Crippen LogP) is 4.44. The number of nitrogens with zero attached hydrogens (tertiary/aromatic N) is 3.